The van der Waals surface area contributed by atoms with E-state index in [9.17, 15) is 0 Å². The molecule has 0 fully saturated rings. The molecule has 0 aliphatic rings. The van der Waals surface area contributed by atoms with Gasteiger partial charge in [0, 0.05) is 13.1 Å². The first-order valence-corrected chi connectivity index (χ1v) is 8.57. The summed E-state index contributed by atoms with van der Waals surface area (Å²) >= 11 is 6.28. The SMILES string of the molecule is CNc1cc(OC)ccc1Nc1nc(Nc2ccccc2OC)ncc1Cl. The highest BCUT2D eigenvalue weighted by Gasteiger charge is 2.11. The summed E-state index contributed by atoms with van der Waals surface area (Å²) in [5, 5.41) is 9.89. The molecular weight excluding hydrogens is 366 g/mol. The van der Waals surface area contributed by atoms with Crippen molar-refractivity contribution < 1.29 is 9.47 Å². The van der Waals surface area contributed by atoms with Gasteiger partial charge in [-0.1, -0.05) is 23.7 Å². The monoisotopic (exact) mass is 385 g/mol. The third kappa shape index (κ3) is 4.32. The molecule has 0 saturated heterocycles. The van der Waals surface area contributed by atoms with Crippen molar-refractivity contribution in [2.45, 2.75) is 0 Å². The summed E-state index contributed by atoms with van der Waals surface area (Å²) in [6.07, 6.45) is 1.54. The van der Waals surface area contributed by atoms with Crippen molar-refractivity contribution in [2.24, 2.45) is 0 Å². The van der Waals surface area contributed by atoms with Crippen molar-refractivity contribution in [1.82, 2.24) is 9.97 Å². The second kappa shape index (κ2) is 8.46. The Bertz CT molecular complexity index is 936. The number of methoxy groups -OCH3 is 2. The van der Waals surface area contributed by atoms with Crippen LogP contribution in [-0.4, -0.2) is 31.2 Å². The topological polar surface area (TPSA) is 80.3 Å². The summed E-state index contributed by atoms with van der Waals surface area (Å²) < 4.78 is 10.6. The molecule has 0 bridgehead atoms. The molecule has 0 radical (unpaired) electrons. The number of rotatable bonds is 7. The number of nitrogens with one attached hydrogen (secondary N) is 3. The average molecular weight is 386 g/mol. The Balaban J connectivity index is 1.88. The number of hydrogen-bond acceptors (Lipinski definition) is 7. The highest BCUT2D eigenvalue weighted by Crippen LogP contribution is 2.32. The molecular formula is C19H20ClN5O2. The van der Waals surface area contributed by atoms with Crippen molar-refractivity contribution in [3.05, 3.63) is 53.7 Å². The van der Waals surface area contributed by atoms with Crippen LogP contribution in [0.5, 0.6) is 11.5 Å². The number of para-hydroxylation sites is 2. The van der Waals surface area contributed by atoms with Gasteiger partial charge in [-0.2, -0.15) is 4.98 Å². The van der Waals surface area contributed by atoms with Crippen LogP contribution in [0.3, 0.4) is 0 Å². The van der Waals surface area contributed by atoms with Crippen LogP contribution in [0.1, 0.15) is 0 Å². The maximum Gasteiger partial charge on any atom is 0.229 e. The van der Waals surface area contributed by atoms with Crippen LogP contribution in [0, 0.1) is 0 Å². The lowest BCUT2D eigenvalue weighted by molar-refractivity contribution is 0.415. The fraction of sp³-hybridized carbons (Fsp3) is 0.158. The van der Waals surface area contributed by atoms with Gasteiger partial charge in [-0.15, -0.1) is 0 Å². The maximum absolute atomic E-state index is 6.28. The molecule has 1 heterocycles. The number of ether oxygens (including phenoxy) is 2. The second-order valence-corrected chi connectivity index (χ2v) is 5.91. The van der Waals surface area contributed by atoms with Gasteiger partial charge in [0.2, 0.25) is 5.95 Å². The van der Waals surface area contributed by atoms with Gasteiger partial charge in [-0.3, -0.25) is 0 Å². The fourth-order valence-electron chi connectivity index (χ4n) is 2.48. The molecule has 3 aromatic rings. The highest BCUT2D eigenvalue weighted by atomic mass is 35.5. The Morgan fingerprint density at radius 1 is 0.926 bits per heavy atom. The molecule has 8 heteroatoms. The van der Waals surface area contributed by atoms with Gasteiger partial charge in [0.05, 0.1) is 37.5 Å². The number of halogens is 1. The van der Waals surface area contributed by atoms with E-state index in [1.165, 1.54) is 6.20 Å². The first kappa shape index (κ1) is 18.6. The summed E-state index contributed by atoms with van der Waals surface area (Å²) in [6, 6.07) is 13.1. The average Bonchev–Trinajstić information content (AvgIpc) is 2.71. The standard InChI is InChI=1S/C19H20ClN5O2/c1-21-16-10-12(26-2)8-9-14(16)23-18-13(20)11-22-19(25-18)24-15-6-4-5-7-17(15)27-3/h4-11,21H,1-3H3,(H2,22,23,24,25). The van der Waals surface area contributed by atoms with E-state index >= 15 is 0 Å². The van der Waals surface area contributed by atoms with Crippen molar-refractivity contribution in [3.63, 3.8) is 0 Å². The molecule has 3 rings (SSSR count). The normalized spacial score (nSPS) is 10.2. The van der Waals surface area contributed by atoms with Crippen molar-refractivity contribution >= 4 is 40.4 Å². The fourth-order valence-corrected chi connectivity index (χ4v) is 2.62. The van der Waals surface area contributed by atoms with E-state index in [1.54, 1.807) is 14.2 Å². The highest BCUT2D eigenvalue weighted by molar-refractivity contribution is 6.33. The summed E-state index contributed by atoms with van der Waals surface area (Å²) in [4.78, 5) is 8.71. The lowest BCUT2D eigenvalue weighted by atomic mass is 10.2. The number of benzene rings is 2. The van der Waals surface area contributed by atoms with Gasteiger partial charge < -0.3 is 25.4 Å². The lowest BCUT2D eigenvalue weighted by Crippen LogP contribution is -2.04. The van der Waals surface area contributed by atoms with E-state index in [1.807, 2.05) is 49.5 Å². The molecule has 1 aromatic heterocycles. The third-order valence-corrected chi connectivity index (χ3v) is 4.12. The molecule has 0 aliphatic heterocycles. The first-order valence-electron chi connectivity index (χ1n) is 8.20. The van der Waals surface area contributed by atoms with E-state index in [-0.39, 0.29) is 0 Å². The predicted octanol–water partition coefficient (Wildman–Crippen LogP) is 4.68. The van der Waals surface area contributed by atoms with E-state index in [2.05, 4.69) is 25.9 Å². The maximum atomic E-state index is 6.28. The smallest absolute Gasteiger partial charge is 0.229 e. The van der Waals surface area contributed by atoms with E-state index < -0.39 is 0 Å². The molecule has 2 aromatic carbocycles. The quantitative estimate of drug-likeness (QED) is 0.545. The molecule has 140 valence electrons. The minimum absolute atomic E-state index is 0.394. The molecule has 0 unspecified atom stereocenters. The predicted molar refractivity (Wildman–Crippen MR) is 109 cm³/mol. The van der Waals surface area contributed by atoms with Crippen molar-refractivity contribution in [2.75, 3.05) is 37.2 Å². The summed E-state index contributed by atoms with van der Waals surface area (Å²) in [7, 11) is 5.06. The zero-order chi connectivity index (χ0) is 19.2. The largest absolute Gasteiger partial charge is 0.497 e. The van der Waals surface area contributed by atoms with Crippen LogP contribution < -0.4 is 25.4 Å². The zero-order valence-electron chi connectivity index (χ0n) is 15.2. The molecule has 27 heavy (non-hydrogen) atoms. The number of nitrogens with zero attached hydrogens (tertiary/aromatic N) is 2. The van der Waals surface area contributed by atoms with Gasteiger partial charge in [0.15, 0.2) is 5.82 Å². The summed E-state index contributed by atoms with van der Waals surface area (Å²) in [5.41, 5.74) is 2.42. The number of anilines is 5. The minimum Gasteiger partial charge on any atom is -0.497 e. The summed E-state index contributed by atoms with van der Waals surface area (Å²) in [6.45, 7) is 0. The molecule has 0 aliphatic carbocycles. The first-order chi connectivity index (χ1) is 13.1. The van der Waals surface area contributed by atoms with Crippen LogP contribution in [0.2, 0.25) is 5.02 Å². The Kier molecular flexibility index (Phi) is 5.83. The van der Waals surface area contributed by atoms with Crippen molar-refractivity contribution in [1.29, 1.82) is 0 Å². The molecule has 0 spiro atoms. The Morgan fingerprint density at radius 3 is 2.48 bits per heavy atom. The number of aromatic nitrogens is 2. The van der Waals surface area contributed by atoms with Gasteiger partial charge in [0.1, 0.15) is 16.5 Å². The van der Waals surface area contributed by atoms with Gasteiger partial charge in [0.25, 0.3) is 0 Å². The molecule has 7 nitrogen and oxygen atoms in total. The molecule has 0 saturated carbocycles. The van der Waals surface area contributed by atoms with Crippen LogP contribution >= 0.6 is 11.6 Å². The number of hydrogen-bond donors (Lipinski definition) is 3. The Labute approximate surface area is 162 Å². The zero-order valence-corrected chi connectivity index (χ0v) is 16.0. The van der Waals surface area contributed by atoms with Gasteiger partial charge >= 0.3 is 0 Å². The third-order valence-electron chi connectivity index (χ3n) is 3.85. The Hall–Kier alpha value is -3.19. The van der Waals surface area contributed by atoms with Crippen LogP contribution in [0.25, 0.3) is 0 Å². The molecule has 0 atom stereocenters. The minimum atomic E-state index is 0.394. The van der Waals surface area contributed by atoms with Gasteiger partial charge in [-0.05, 0) is 24.3 Å². The van der Waals surface area contributed by atoms with E-state index in [0.717, 1.165) is 22.8 Å². The van der Waals surface area contributed by atoms with E-state index in [0.29, 0.717) is 22.5 Å². The van der Waals surface area contributed by atoms with E-state index in [4.69, 9.17) is 21.1 Å². The van der Waals surface area contributed by atoms with Crippen LogP contribution in [0.4, 0.5) is 28.8 Å². The van der Waals surface area contributed by atoms with Crippen LogP contribution in [0.15, 0.2) is 48.7 Å². The van der Waals surface area contributed by atoms with Gasteiger partial charge in [-0.25, -0.2) is 4.98 Å². The molecule has 3 N–H and O–H groups in total. The lowest BCUT2D eigenvalue weighted by Gasteiger charge is -2.15. The Morgan fingerprint density at radius 2 is 1.74 bits per heavy atom. The van der Waals surface area contributed by atoms with Crippen LogP contribution in [-0.2, 0) is 0 Å². The second-order valence-electron chi connectivity index (χ2n) is 5.50. The molecule has 0 amide bonds. The van der Waals surface area contributed by atoms with Crippen molar-refractivity contribution in [3.8, 4) is 11.5 Å². The summed E-state index contributed by atoms with van der Waals surface area (Å²) in [5.74, 6) is 2.31.